The molecule has 0 saturated carbocycles. The molecule has 1 amide bonds. The summed E-state index contributed by atoms with van der Waals surface area (Å²) >= 11 is 0. The van der Waals surface area contributed by atoms with E-state index < -0.39 is 0 Å². The van der Waals surface area contributed by atoms with Crippen LogP contribution in [0.5, 0.6) is 0 Å². The van der Waals surface area contributed by atoms with E-state index in [1.807, 2.05) is 6.92 Å². The predicted octanol–water partition coefficient (Wildman–Crippen LogP) is 1.36. The quantitative estimate of drug-likeness (QED) is 0.723. The molecular formula is C14H23NO4. The fourth-order valence-electron chi connectivity index (χ4n) is 3.06. The van der Waals surface area contributed by atoms with Crippen molar-refractivity contribution < 1.29 is 19.1 Å². The van der Waals surface area contributed by atoms with Crippen molar-refractivity contribution in [1.29, 1.82) is 0 Å². The number of carbonyl (C=O) groups excluding carboxylic acids is 2. The number of esters is 1. The molecule has 2 aliphatic rings. The highest BCUT2D eigenvalue weighted by molar-refractivity contribution is 5.86. The first-order valence-corrected chi connectivity index (χ1v) is 7.27. The van der Waals surface area contributed by atoms with Crippen LogP contribution in [-0.2, 0) is 19.1 Å². The standard InChI is InChI=1S/C14H23NO4/c1-3-12-10(7-9-19-12)13(16)15-8-5-6-11(15)14(17)18-4-2/h10-12H,3-9H2,1-2H3. The highest BCUT2D eigenvalue weighted by Gasteiger charge is 2.41. The molecule has 5 nitrogen and oxygen atoms in total. The predicted molar refractivity (Wildman–Crippen MR) is 69.5 cm³/mol. The maximum atomic E-state index is 12.6. The van der Waals surface area contributed by atoms with Gasteiger partial charge < -0.3 is 14.4 Å². The van der Waals surface area contributed by atoms with E-state index in [1.165, 1.54) is 0 Å². The second-order valence-corrected chi connectivity index (χ2v) is 5.15. The molecule has 3 atom stereocenters. The fourth-order valence-corrected chi connectivity index (χ4v) is 3.06. The molecule has 0 aromatic heterocycles. The number of likely N-dealkylation sites (tertiary alicyclic amines) is 1. The molecule has 0 N–H and O–H groups in total. The van der Waals surface area contributed by atoms with E-state index >= 15 is 0 Å². The van der Waals surface area contributed by atoms with Crippen molar-refractivity contribution in [3.05, 3.63) is 0 Å². The molecule has 2 fully saturated rings. The second kappa shape index (κ2) is 6.37. The molecule has 2 rings (SSSR count). The molecule has 0 aromatic rings. The number of ether oxygens (including phenoxy) is 2. The molecule has 19 heavy (non-hydrogen) atoms. The highest BCUT2D eigenvalue weighted by atomic mass is 16.5. The molecule has 3 unspecified atom stereocenters. The molecule has 0 bridgehead atoms. The first-order chi connectivity index (χ1) is 9.19. The zero-order valence-electron chi connectivity index (χ0n) is 11.8. The first kappa shape index (κ1) is 14.3. The third-order valence-electron chi connectivity index (χ3n) is 4.02. The number of hydrogen-bond donors (Lipinski definition) is 0. The average Bonchev–Trinajstić information content (AvgIpc) is 3.06. The normalized spacial score (nSPS) is 30.6. The lowest BCUT2D eigenvalue weighted by molar-refractivity contribution is -0.154. The van der Waals surface area contributed by atoms with Gasteiger partial charge in [0.05, 0.1) is 18.6 Å². The van der Waals surface area contributed by atoms with Crippen molar-refractivity contribution in [2.75, 3.05) is 19.8 Å². The summed E-state index contributed by atoms with van der Waals surface area (Å²) < 4.78 is 10.6. The Labute approximate surface area is 114 Å². The smallest absolute Gasteiger partial charge is 0.328 e. The Hall–Kier alpha value is -1.10. The summed E-state index contributed by atoms with van der Waals surface area (Å²) in [6, 6.07) is -0.384. The van der Waals surface area contributed by atoms with Crippen LogP contribution in [0.1, 0.15) is 39.5 Å². The number of amides is 1. The molecule has 2 saturated heterocycles. The van der Waals surface area contributed by atoms with Crippen LogP contribution in [-0.4, -0.2) is 48.7 Å². The average molecular weight is 269 g/mol. The van der Waals surface area contributed by atoms with Crippen molar-refractivity contribution in [2.24, 2.45) is 5.92 Å². The Kier molecular flexibility index (Phi) is 4.80. The minimum absolute atomic E-state index is 0.0101. The van der Waals surface area contributed by atoms with E-state index in [-0.39, 0.29) is 29.9 Å². The fraction of sp³-hybridized carbons (Fsp3) is 0.857. The second-order valence-electron chi connectivity index (χ2n) is 5.15. The van der Waals surface area contributed by atoms with Gasteiger partial charge >= 0.3 is 5.97 Å². The van der Waals surface area contributed by atoms with Crippen molar-refractivity contribution in [3.63, 3.8) is 0 Å². The van der Waals surface area contributed by atoms with Gasteiger partial charge in [-0.25, -0.2) is 4.79 Å². The molecule has 0 aliphatic carbocycles. The Morgan fingerprint density at radius 3 is 2.79 bits per heavy atom. The maximum absolute atomic E-state index is 12.6. The molecule has 0 radical (unpaired) electrons. The van der Waals surface area contributed by atoms with Crippen LogP contribution in [0.15, 0.2) is 0 Å². The summed E-state index contributed by atoms with van der Waals surface area (Å²) in [4.78, 5) is 26.2. The lowest BCUT2D eigenvalue weighted by Crippen LogP contribution is -2.45. The van der Waals surface area contributed by atoms with Gasteiger partial charge in [0.15, 0.2) is 0 Å². The third kappa shape index (κ3) is 2.91. The van der Waals surface area contributed by atoms with Crippen molar-refractivity contribution in [1.82, 2.24) is 4.90 Å². The van der Waals surface area contributed by atoms with E-state index in [4.69, 9.17) is 9.47 Å². The third-order valence-corrected chi connectivity index (χ3v) is 4.02. The van der Waals surface area contributed by atoms with Crippen molar-refractivity contribution in [2.45, 2.75) is 51.7 Å². The zero-order chi connectivity index (χ0) is 13.8. The summed E-state index contributed by atoms with van der Waals surface area (Å²) in [6.07, 6.45) is 3.21. The Morgan fingerprint density at radius 2 is 2.11 bits per heavy atom. The minimum Gasteiger partial charge on any atom is -0.464 e. The Morgan fingerprint density at radius 1 is 1.32 bits per heavy atom. The van der Waals surface area contributed by atoms with Crippen LogP contribution < -0.4 is 0 Å². The van der Waals surface area contributed by atoms with Gasteiger partial charge in [0.25, 0.3) is 0 Å². The van der Waals surface area contributed by atoms with Gasteiger partial charge in [-0.3, -0.25) is 4.79 Å². The summed E-state index contributed by atoms with van der Waals surface area (Å²) in [5, 5.41) is 0. The molecule has 2 heterocycles. The van der Waals surface area contributed by atoms with Crippen LogP contribution >= 0.6 is 0 Å². The van der Waals surface area contributed by atoms with Crippen molar-refractivity contribution in [3.8, 4) is 0 Å². The summed E-state index contributed by atoms with van der Waals surface area (Å²) in [5.74, 6) is -0.278. The molecule has 0 spiro atoms. The van der Waals surface area contributed by atoms with Crippen LogP contribution in [0.2, 0.25) is 0 Å². The number of rotatable bonds is 4. The summed E-state index contributed by atoms with van der Waals surface area (Å²) in [5.41, 5.74) is 0. The van der Waals surface area contributed by atoms with E-state index in [1.54, 1.807) is 11.8 Å². The molecule has 2 aliphatic heterocycles. The van der Waals surface area contributed by atoms with Crippen LogP contribution in [0.25, 0.3) is 0 Å². The lowest BCUT2D eigenvalue weighted by atomic mass is 9.97. The van der Waals surface area contributed by atoms with Crippen molar-refractivity contribution >= 4 is 11.9 Å². The zero-order valence-corrected chi connectivity index (χ0v) is 11.8. The molecular weight excluding hydrogens is 246 g/mol. The highest BCUT2D eigenvalue weighted by Crippen LogP contribution is 2.29. The molecule has 108 valence electrons. The molecule has 0 aromatic carbocycles. The Bertz CT molecular complexity index is 344. The minimum atomic E-state index is -0.384. The topological polar surface area (TPSA) is 55.8 Å². The largest absolute Gasteiger partial charge is 0.464 e. The summed E-state index contributed by atoms with van der Waals surface area (Å²) in [7, 11) is 0. The van der Waals surface area contributed by atoms with Gasteiger partial charge in [0.2, 0.25) is 5.91 Å². The van der Waals surface area contributed by atoms with E-state index in [0.29, 0.717) is 19.8 Å². The van der Waals surface area contributed by atoms with E-state index in [9.17, 15) is 9.59 Å². The monoisotopic (exact) mass is 269 g/mol. The summed E-state index contributed by atoms with van der Waals surface area (Å²) in [6.45, 7) is 5.49. The van der Waals surface area contributed by atoms with Gasteiger partial charge in [-0.1, -0.05) is 6.92 Å². The van der Waals surface area contributed by atoms with E-state index in [2.05, 4.69) is 0 Å². The SMILES string of the molecule is CCOC(=O)C1CCCN1C(=O)C1CCOC1CC. The first-order valence-electron chi connectivity index (χ1n) is 7.27. The maximum Gasteiger partial charge on any atom is 0.328 e. The number of nitrogens with zero attached hydrogens (tertiary/aromatic N) is 1. The van der Waals surface area contributed by atoms with Crippen LogP contribution in [0, 0.1) is 5.92 Å². The van der Waals surface area contributed by atoms with Gasteiger partial charge in [0.1, 0.15) is 6.04 Å². The molecule has 5 heteroatoms. The lowest BCUT2D eigenvalue weighted by Gasteiger charge is -2.27. The van der Waals surface area contributed by atoms with Gasteiger partial charge in [0, 0.05) is 13.2 Å². The van der Waals surface area contributed by atoms with Crippen LogP contribution in [0.3, 0.4) is 0 Å². The Balaban J connectivity index is 2.03. The number of carbonyl (C=O) groups is 2. The van der Waals surface area contributed by atoms with Crippen LogP contribution in [0.4, 0.5) is 0 Å². The van der Waals surface area contributed by atoms with Gasteiger partial charge in [-0.15, -0.1) is 0 Å². The van der Waals surface area contributed by atoms with Gasteiger partial charge in [-0.2, -0.15) is 0 Å². The van der Waals surface area contributed by atoms with E-state index in [0.717, 1.165) is 25.7 Å². The van der Waals surface area contributed by atoms with Gasteiger partial charge in [-0.05, 0) is 32.6 Å². The number of hydrogen-bond acceptors (Lipinski definition) is 4.